The molecule has 8 heteroatoms. The SMILES string of the molecule is CCC(CN1CCOCC1)[N+](=O)[O-].OCCOc1ccccc1.Oc1ccccc1-c1ccccc1. The standard InChI is InChI=1S/C12H10O.C8H16N2O3.C8H10O2/c13-12-9-5-4-8-11(12)10-6-2-1-3-7-10;1-2-8(10(11)12)7-9-3-5-13-6-4-9;9-6-7-10-8-4-2-1-3-5-8/h1-9,13H;8H,2-7H2,1H3;1-5,9H,6-7H2. The van der Waals surface area contributed by atoms with Gasteiger partial charge >= 0.3 is 0 Å². The molecule has 1 atom stereocenters. The lowest BCUT2D eigenvalue weighted by Gasteiger charge is -2.27. The minimum absolute atomic E-state index is 0.0644. The summed E-state index contributed by atoms with van der Waals surface area (Å²) in [5, 5.41) is 28.5. The van der Waals surface area contributed by atoms with E-state index in [0.29, 0.717) is 38.5 Å². The lowest BCUT2D eigenvalue weighted by Crippen LogP contribution is -2.42. The molecule has 1 fully saturated rings. The summed E-state index contributed by atoms with van der Waals surface area (Å²) in [6, 6.07) is 26.2. The molecule has 2 N–H and O–H groups in total. The molecule has 1 heterocycles. The van der Waals surface area contributed by atoms with Gasteiger partial charge in [-0.25, -0.2) is 0 Å². The van der Waals surface area contributed by atoms with Crippen molar-refractivity contribution in [3.8, 4) is 22.6 Å². The van der Waals surface area contributed by atoms with E-state index in [4.69, 9.17) is 14.6 Å². The Balaban J connectivity index is 0.000000192. The number of phenolic OH excluding ortho intramolecular Hbond substituents is 1. The molecule has 0 saturated carbocycles. The fraction of sp³-hybridized carbons (Fsp3) is 0.357. The van der Waals surface area contributed by atoms with Crippen molar-refractivity contribution in [2.75, 3.05) is 46.1 Å². The molecule has 1 unspecified atom stereocenters. The number of hydrogen-bond acceptors (Lipinski definition) is 7. The lowest BCUT2D eigenvalue weighted by atomic mass is 10.1. The van der Waals surface area contributed by atoms with E-state index in [2.05, 4.69) is 4.90 Å². The van der Waals surface area contributed by atoms with Crippen LogP contribution < -0.4 is 4.74 Å². The van der Waals surface area contributed by atoms with Gasteiger partial charge in [0, 0.05) is 30.0 Å². The van der Waals surface area contributed by atoms with Crippen molar-refractivity contribution >= 4 is 0 Å². The fourth-order valence-electron chi connectivity index (χ4n) is 3.44. The van der Waals surface area contributed by atoms with E-state index in [1.165, 1.54) is 0 Å². The van der Waals surface area contributed by atoms with E-state index in [0.717, 1.165) is 30.0 Å². The zero-order valence-electron chi connectivity index (χ0n) is 20.7. The Labute approximate surface area is 212 Å². The minimum Gasteiger partial charge on any atom is -0.507 e. The molecule has 4 rings (SSSR count). The largest absolute Gasteiger partial charge is 0.507 e. The highest BCUT2D eigenvalue weighted by Crippen LogP contribution is 2.27. The molecule has 1 aliphatic heterocycles. The molecule has 3 aromatic carbocycles. The first kappa shape index (κ1) is 28.8. The lowest BCUT2D eigenvalue weighted by molar-refractivity contribution is -0.523. The second-order valence-corrected chi connectivity index (χ2v) is 8.03. The number of para-hydroxylation sites is 2. The summed E-state index contributed by atoms with van der Waals surface area (Å²) in [6.07, 6.45) is 0.602. The number of phenols is 1. The smallest absolute Gasteiger partial charge is 0.225 e. The predicted octanol–water partition coefficient (Wildman–Crippen LogP) is 4.49. The molecule has 0 aromatic heterocycles. The summed E-state index contributed by atoms with van der Waals surface area (Å²) in [4.78, 5) is 12.5. The Bertz CT molecular complexity index is 982. The molecule has 1 saturated heterocycles. The number of hydrogen-bond donors (Lipinski definition) is 2. The highest BCUT2D eigenvalue weighted by molar-refractivity contribution is 5.69. The molecule has 8 nitrogen and oxygen atoms in total. The summed E-state index contributed by atoms with van der Waals surface area (Å²) in [7, 11) is 0. The van der Waals surface area contributed by atoms with Gasteiger partial charge in [0.05, 0.1) is 26.4 Å². The van der Waals surface area contributed by atoms with E-state index in [9.17, 15) is 15.2 Å². The van der Waals surface area contributed by atoms with Crippen molar-refractivity contribution in [1.82, 2.24) is 4.90 Å². The van der Waals surface area contributed by atoms with Crippen LogP contribution in [-0.2, 0) is 4.74 Å². The van der Waals surface area contributed by atoms with Crippen LogP contribution in [0.25, 0.3) is 11.1 Å². The zero-order chi connectivity index (χ0) is 26.0. The number of ether oxygens (including phenoxy) is 2. The van der Waals surface area contributed by atoms with E-state index >= 15 is 0 Å². The molecular weight excluding hydrogens is 460 g/mol. The number of nitro groups is 1. The van der Waals surface area contributed by atoms with Crippen molar-refractivity contribution in [1.29, 1.82) is 0 Å². The second kappa shape index (κ2) is 17.0. The number of rotatable bonds is 8. The van der Waals surface area contributed by atoms with Crippen LogP contribution in [0.15, 0.2) is 84.9 Å². The molecule has 1 aliphatic rings. The van der Waals surface area contributed by atoms with E-state index < -0.39 is 6.04 Å². The van der Waals surface area contributed by atoms with Gasteiger partial charge in [-0.3, -0.25) is 15.0 Å². The Morgan fingerprint density at radius 3 is 2.11 bits per heavy atom. The number of aromatic hydroxyl groups is 1. The minimum atomic E-state index is -0.418. The summed E-state index contributed by atoms with van der Waals surface area (Å²) in [6.45, 7) is 5.90. The first-order chi connectivity index (χ1) is 17.5. The average molecular weight is 497 g/mol. The van der Waals surface area contributed by atoms with Gasteiger partial charge in [0.2, 0.25) is 6.04 Å². The van der Waals surface area contributed by atoms with Crippen molar-refractivity contribution in [3.63, 3.8) is 0 Å². The third-order valence-electron chi connectivity index (χ3n) is 5.43. The predicted molar refractivity (Wildman–Crippen MR) is 141 cm³/mol. The van der Waals surface area contributed by atoms with Crippen LogP contribution in [0.4, 0.5) is 0 Å². The van der Waals surface area contributed by atoms with Crippen molar-refractivity contribution < 1.29 is 24.6 Å². The fourth-order valence-corrected chi connectivity index (χ4v) is 3.44. The molecule has 194 valence electrons. The molecule has 0 spiro atoms. The second-order valence-electron chi connectivity index (χ2n) is 8.03. The molecule has 36 heavy (non-hydrogen) atoms. The van der Waals surface area contributed by atoms with Gasteiger partial charge in [0.25, 0.3) is 0 Å². The molecule has 0 amide bonds. The van der Waals surface area contributed by atoms with Gasteiger partial charge < -0.3 is 19.7 Å². The first-order valence-corrected chi connectivity index (χ1v) is 12.1. The Hall–Kier alpha value is -3.46. The van der Waals surface area contributed by atoms with Crippen LogP contribution >= 0.6 is 0 Å². The third kappa shape index (κ3) is 10.9. The van der Waals surface area contributed by atoms with Crippen molar-refractivity contribution in [2.24, 2.45) is 0 Å². The van der Waals surface area contributed by atoms with E-state index in [-0.39, 0.29) is 11.5 Å². The van der Waals surface area contributed by atoms with Gasteiger partial charge in [-0.1, -0.05) is 73.7 Å². The van der Waals surface area contributed by atoms with Crippen LogP contribution in [0, 0.1) is 10.1 Å². The van der Waals surface area contributed by atoms with E-state index in [1.807, 2.05) is 85.8 Å². The Kier molecular flexibility index (Phi) is 13.6. The molecule has 0 aliphatic carbocycles. The number of aliphatic hydroxyl groups is 1. The quantitative estimate of drug-likeness (QED) is 0.350. The van der Waals surface area contributed by atoms with Crippen LogP contribution in [0.1, 0.15) is 13.3 Å². The summed E-state index contributed by atoms with van der Waals surface area (Å²) in [5.74, 6) is 1.13. The van der Waals surface area contributed by atoms with Crippen LogP contribution in [0.5, 0.6) is 11.5 Å². The summed E-state index contributed by atoms with van der Waals surface area (Å²) in [5.41, 5.74) is 1.92. The van der Waals surface area contributed by atoms with Gasteiger partial charge in [0.1, 0.15) is 18.1 Å². The van der Waals surface area contributed by atoms with Crippen LogP contribution in [0.3, 0.4) is 0 Å². The Morgan fingerprint density at radius 1 is 0.972 bits per heavy atom. The van der Waals surface area contributed by atoms with Crippen molar-refractivity contribution in [2.45, 2.75) is 19.4 Å². The highest BCUT2D eigenvalue weighted by Gasteiger charge is 2.22. The maximum Gasteiger partial charge on any atom is 0.225 e. The van der Waals surface area contributed by atoms with Gasteiger partial charge in [0.15, 0.2) is 0 Å². The average Bonchev–Trinajstić information content (AvgIpc) is 2.93. The Morgan fingerprint density at radius 2 is 1.56 bits per heavy atom. The molecule has 3 aromatic rings. The molecule has 0 radical (unpaired) electrons. The van der Waals surface area contributed by atoms with Gasteiger partial charge in [-0.05, 0) is 23.8 Å². The van der Waals surface area contributed by atoms with Crippen molar-refractivity contribution in [3.05, 3.63) is 95.0 Å². The number of benzene rings is 3. The number of nitrogens with zero attached hydrogens (tertiary/aromatic N) is 2. The molecule has 0 bridgehead atoms. The van der Waals surface area contributed by atoms with Crippen LogP contribution in [-0.4, -0.2) is 72.1 Å². The first-order valence-electron chi connectivity index (χ1n) is 12.1. The monoisotopic (exact) mass is 496 g/mol. The topological polar surface area (TPSA) is 105 Å². The van der Waals surface area contributed by atoms with Gasteiger partial charge in [-0.15, -0.1) is 0 Å². The highest BCUT2D eigenvalue weighted by atomic mass is 16.6. The number of aliphatic hydroxyl groups excluding tert-OH is 1. The third-order valence-corrected chi connectivity index (χ3v) is 5.43. The van der Waals surface area contributed by atoms with E-state index in [1.54, 1.807) is 6.07 Å². The number of morpholine rings is 1. The maximum absolute atomic E-state index is 10.6. The maximum atomic E-state index is 10.6. The normalized spacial score (nSPS) is 13.8. The van der Waals surface area contributed by atoms with Gasteiger partial charge in [-0.2, -0.15) is 0 Å². The van der Waals surface area contributed by atoms with Crippen LogP contribution in [0.2, 0.25) is 0 Å². The summed E-state index contributed by atoms with van der Waals surface area (Å²) >= 11 is 0. The zero-order valence-corrected chi connectivity index (χ0v) is 20.7. The summed E-state index contributed by atoms with van der Waals surface area (Å²) < 4.78 is 10.3. The molecular formula is C28H36N2O6.